The van der Waals surface area contributed by atoms with Crippen molar-refractivity contribution in [2.24, 2.45) is 17.3 Å². The topological polar surface area (TPSA) is 57.5 Å². The molecule has 2 atom stereocenters. The van der Waals surface area contributed by atoms with Gasteiger partial charge >= 0.3 is 5.97 Å². The van der Waals surface area contributed by atoms with Gasteiger partial charge in [-0.15, -0.1) is 0 Å². The number of carboxylic acid groups (broad SMARTS) is 1. The average Bonchev–Trinajstić information content (AvgIpc) is 2.53. The van der Waals surface area contributed by atoms with Gasteiger partial charge in [0.15, 0.2) is 0 Å². The highest BCUT2D eigenvalue weighted by Crippen LogP contribution is 2.59. The largest absolute Gasteiger partial charge is 0.481 e. The number of hydrogen-bond acceptors (Lipinski definition) is 2. The number of allylic oxidation sites excluding steroid dienone is 1. The lowest BCUT2D eigenvalue weighted by molar-refractivity contribution is -0.139. The van der Waals surface area contributed by atoms with Gasteiger partial charge in [-0.2, -0.15) is 0 Å². The first-order valence-electron chi connectivity index (χ1n) is 4.42. The number of rotatable bonds is 3. The third kappa shape index (κ3) is 1.75. The Hall–Kier alpha value is -0.830. The van der Waals surface area contributed by atoms with Crippen molar-refractivity contribution >= 4 is 5.97 Å². The molecule has 0 aromatic rings. The van der Waals surface area contributed by atoms with Gasteiger partial charge in [-0.1, -0.05) is 25.5 Å². The minimum absolute atomic E-state index is 0.0128. The molecule has 3 heteroatoms. The van der Waals surface area contributed by atoms with Crippen LogP contribution in [0, 0.1) is 17.3 Å². The van der Waals surface area contributed by atoms with E-state index in [1.807, 2.05) is 26.8 Å². The zero-order valence-corrected chi connectivity index (χ0v) is 8.24. The van der Waals surface area contributed by atoms with Gasteiger partial charge in [0.2, 0.25) is 0 Å². The van der Waals surface area contributed by atoms with Gasteiger partial charge in [0.1, 0.15) is 0 Å². The SMILES string of the molecule is CC(=CC1C(C(=O)O)C1(C)C)CO. The number of aliphatic hydroxyl groups is 1. The van der Waals surface area contributed by atoms with Crippen LogP contribution in [-0.4, -0.2) is 22.8 Å². The second-order valence-electron chi connectivity index (χ2n) is 4.33. The summed E-state index contributed by atoms with van der Waals surface area (Å²) >= 11 is 0. The molecule has 0 aromatic heterocycles. The van der Waals surface area contributed by atoms with Gasteiger partial charge in [0.25, 0.3) is 0 Å². The van der Waals surface area contributed by atoms with Crippen LogP contribution in [-0.2, 0) is 4.79 Å². The molecule has 0 saturated heterocycles. The Balaban J connectivity index is 2.71. The molecule has 0 amide bonds. The van der Waals surface area contributed by atoms with Crippen molar-refractivity contribution in [2.45, 2.75) is 20.8 Å². The van der Waals surface area contributed by atoms with Gasteiger partial charge in [-0.3, -0.25) is 4.79 Å². The summed E-state index contributed by atoms with van der Waals surface area (Å²) in [5.74, 6) is -0.942. The minimum atomic E-state index is -0.739. The van der Waals surface area contributed by atoms with E-state index in [4.69, 9.17) is 10.2 Å². The fourth-order valence-corrected chi connectivity index (χ4v) is 1.82. The molecule has 1 rings (SSSR count). The summed E-state index contributed by atoms with van der Waals surface area (Å²) < 4.78 is 0. The molecule has 0 spiro atoms. The van der Waals surface area contributed by atoms with Crippen molar-refractivity contribution < 1.29 is 15.0 Å². The normalized spacial score (nSPS) is 31.5. The first-order chi connectivity index (χ1) is 5.91. The molecule has 1 fully saturated rings. The highest BCUT2D eigenvalue weighted by Gasteiger charge is 2.60. The van der Waals surface area contributed by atoms with E-state index in [0.717, 1.165) is 5.57 Å². The minimum Gasteiger partial charge on any atom is -0.481 e. The van der Waals surface area contributed by atoms with Crippen molar-refractivity contribution in [3.8, 4) is 0 Å². The lowest BCUT2D eigenvalue weighted by Gasteiger charge is -1.98. The monoisotopic (exact) mass is 184 g/mol. The quantitative estimate of drug-likeness (QED) is 0.650. The first kappa shape index (κ1) is 10.3. The molecule has 74 valence electrons. The van der Waals surface area contributed by atoms with Crippen LogP contribution in [0.25, 0.3) is 0 Å². The molecule has 1 aliphatic rings. The molecule has 2 N–H and O–H groups in total. The molecule has 0 bridgehead atoms. The van der Waals surface area contributed by atoms with E-state index in [-0.39, 0.29) is 23.9 Å². The van der Waals surface area contributed by atoms with Crippen LogP contribution in [0.4, 0.5) is 0 Å². The highest BCUT2D eigenvalue weighted by atomic mass is 16.4. The Morgan fingerprint density at radius 1 is 1.54 bits per heavy atom. The molecule has 1 aliphatic carbocycles. The number of aliphatic hydroxyl groups excluding tert-OH is 1. The standard InChI is InChI=1S/C10H16O3/c1-6(5-11)4-7-8(9(12)13)10(7,2)3/h4,7-8,11H,5H2,1-3H3,(H,12,13). The molecular weight excluding hydrogens is 168 g/mol. The van der Waals surface area contributed by atoms with Crippen molar-refractivity contribution in [1.82, 2.24) is 0 Å². The van der Waals surface area contributed by atoms with Gasteiger partial charge in [-0.05, 0) is 18.3 Å². The summed E-state index contributed by atoms with van der Waals surface area (Å²) in [7, 11) is 0. The highest BCUT2D eigenvalue weighted by molar-refractivity contribution is 5.76. The smallest absolute Gasteiger partial charge is 0.307 e. The summed E-state index contributed by atoms with van der Waals surface area (Å²) in [5.41, 5.74) is 0.698. The summed E-state index contributed by atoms with van der Waals surface area (Å²) in [6, 6.07) is 0. The second-order valence-corrected chi connectivity index (χ2v) is 4.33. The summed E-state index contributed by atoms with van der Waals surface area (Å²) in [5, 5.41) is 17.6. The maximum atomic E-state index is 10.8. The van der Waals surface area contributed by atoms with Crippen LogP contribution in [0.3, 0.4) is 0 Å². The fraction of sp³-hybridized carbons (Fsp3) is 0.700. The van der Waals surface area contributed by atoms with E-state index < -0.39 is 5.97 Å². The van der Waals surface area contributed by atoms with Crippen LogP contribution in [0.15, 0.2) is 11.6 Å². The van der Waals surface area contributed by atoms with Crippen molar-refractivity contribution in [1.29, 1.82) is 0 Å². The van der Waals surface area contributed by atoms with E-state index in [2.05, 4.69) is 0 Å². The van der Waals surface area contributed by atoms with E-state index >= 15 is 0 Å². The molecule has 2 unspecified atom stereocenters. The number of carboxylic acids is 1. The summed E-state index contributed by atoms with van der Waals surface area (Å²) in [6.45, 7) is 5.71. The Morgan fingerprint density at radius 2 is 2.08 bits per heavy atom. The molecule has 0 aliphatic heterocycles. The maximum absolute atomic E-state index is 10.8. The van der Waals surface area contributed by atoms with Crippen LogP contribution in [0.1, 0.15) is 20.8 Å². The molecule has 13 heavy (non-hydrogen) atoms. The van der Waals surface area contributed by atoms with Crippen LogP contribution < -0.4 is 0 Å². The van der Waals surface area contributed by atoms with E-state index in [0.29, 0.717) is 0 Å². The second kappa shape index (κ2) is 3.14. The molecule has 0 radical (unpaired) electrons. The number of aliphatic carboxylic acids is 1. The molecular formula is C10H16O3. The maximum Gasteiger partial charge on any atom is 0.307 e. The third-order valence-electron chi connectivity index (χ3n) is 2.89. The Labute approximate surface area is 78.1 Å². The van der Waals surface area contributed by atoms with Crippen molar-refractivity contribution in [3.63, 3.8) is 0 Å². The zero-order valence-electron chi connectivity index (χ0n) is 8.24. The van der Waals surface area contributed by atoms with Crippen molar-refractivity contribution in [3.05, 3.63) is 11.6 Å². The van der Waals surface area contributed by atoms with E-state index in [1.54, 1.807) is 0 Å². The van der Waals surface area contributed by atoms with E-state index in [1.165, 1.54) is 0 Å². The average molecular weight is 184 g/mol. The Morgan fingerprint density at radius 3 is 2.38 bits per heavy atom. The first-order valence-corrected chi connectivity index (χ1v) is 4.42. The Kier molecular flexibility index (Phi) is 2.48. The molecule has 0 aromatic carbocycles. The molecule has 0 heterocycles. The van der Waals surface area contributed by atoms with Gasteiger partial charge in [0, 0.05) is 0 Å². The van der Waals surface area contributed by atoms with Gasteiger partial charge < -0.3 is 10.2 Å². The molecule has 1 saturated carbocycles. The van der Waals surface area contributed by atoms with Crippen LogP contribution >= 0.6 is 0 Å². The van der Waals surface area contributed by atoms with Gasteiger partial charge in [0.05, 0.1) is 12.5 Å². The number of carbonyl (C=O) groups is 1. The lowest BCUT2D eigenvalue weighted by Crippen LogP contribution is -2.03. The summed E-state index contributed by atoms with van der Waals surface area (Å²) in [6.07, 6.45) is 1.87. The Bertz CT molecular complexity index is 253. The van der Waals surface area contributed by atoms with Crippen molar-refractivity contribution in [2.75, 3.05) is 6.61 Å². The van der Waals surface area contributed by atoms with Crippen LogP contribution in [0.2, 0.25) is 0 Å². The molecule has 3 nitrogen and oxygen atoms in total. The fourth-order valence-electron chi connectivity index (χ4n) is 1.82. The number of hydrogen-bond donors (Lipinski definition) is 2. The third-order valence-corrected chi connectivity index (χ3v) is 2.89. The summed E-state index contributed by atoms with van der Waals surface area (Å²) in [4.78, 5) is 10.8. The van der Waals surface area contributed by atoms with Gasteiger partial charge in [-0.25, -0.2) is 0 Å². The predicted octanol–water partition coefficient (Wildman–Crippen LogP) is 1.28. The lowest BCUT2D eigenvalue weighted by atomic mass is 10.1. The van der Waals surface area contributed by atoms with E-state index in [9.17, 15) is 4.79 Å². The zero-order chi connectivity index (χ0) is 10.2. The van der Waals surface area contributed by atoms with Crippen LogP contribution in [0.5, 0.6) is 0 Å². The predicted molar refractivity (Wildman–Crippen MR) is 49.2 cm³/mol.